The number of carbonyl (C=O) groups is 1. The Bertz CT molecular complexity index is 1040. The van der Waals surface area contributed by atoms with Crippen LogP contribution < -0.4 is 0 Å². The van der Waals surface area contributed by atoms with Gasteiger partial charge in [0.15, 0.2) is 0 Å². The third-order valence-corrected chi connectivity index (χ3v) is 7.90. The van der Waals surface area contributed by atoms with Gasteiger partial charge in [0.1, 0.15) is 16.0 Å². The number of nitrogens with zero attached hydrogens (tertiary/aromatic N) is 4. The molecular formula is C26H45B2BrCl4N4O4. The van der Waals surface area contributed by atoms with E-state index in [2.05, 4.69) is 25.9 Å². The number of ketones is 1. The molecule has 0 atom stereocenters. The van der Waals surface area contributed by atoms with Gasteiger partial charge in [-0.3, -0.25) is 9.78 Å². The summed E-state index contributed by atoms with van der Waals surface area (Å²) in [6.07, 6.45) is 5.20. The van der Waals surface area contributed by atoms with E-state index in [9.17, 15) is 14.9 Å². The average molecular weight is 721 g/mol. The Labute approximate surface area is 276 Å². The molecule has 15 heteroatoms. The number of piperidine rings is 2. The third-order valence-electron chi connectivity index (χ3n) is 6.05. The highest BCUT2D eigenvalue weighted by Crippen LogP contribution is 2.36. The monoisotopic (exact) mass is 718 g/mol. The van der Waals surface area contributed by atoms with Crippen molar-refractivity contribution in [3.05, 3.63) is 54.9 Å². The molecule has 0 saturated carbocycles. The summed E-state index contributed by atoms with van der Waals surface area (Å²) >= 11 is 26.2. The highest BCUT2D eigenvalue weighted by Gasteiger charge is 2.38. The van der Waals surface area contributed by atoms with Crippen molar-refractivity contribution in [1.29, 1.82) is 0 Å². The number of hydrogen-bond acceptors (Lipinski definition) is 8. The molecule has 0 spiro atoms. The van der Waals surface area contributed by atoms with E-state index in [4.69, 9.17) is 51.4 Å². The van der Waals surface area contributed by atoms with Crippen LogP contribution in [-0.4, -0.2) is 80.8 Å². The zero-order valence-electron chi connectivity index (χ0n) is 20.5. The van der Waals surface area contributed by atoms with Gasteiger partial charge in [-0.15, -0.1) is 0 Å². The van der Waals surface area contributed by atoms with E-state index < -0.39 is 19.7 Å². The number of aliphatic hydroxyl groups is 1. The largest absolute Gasteiger partial charge is 0.437 e. The summed E-state index contributed by atoms with van der Waals surface area (Å²) in [6.45, 7) is 6.10. The highest BCUT2D eigenvalue weighted by atomic mass is 79.9. The summed E-state index contributed by atoms with van der Waals surface area (Å²) in [5.41, 5.74) is -0.564. The van der Waals surface area contributed by atoms with Crippen LogP contribution in [0.5, 0.6) is 0 Å². The quantitative estimate of drug-likeness (QED) is 0.225. The average Bonchev–Trinajstić information content (AvgIpc) is 2.83. The van der Waals surface area contributed by atoms with E-state index >= 15 is 0 Å². The van der Waals surface area contributed by atoms with E-state index in [1.807, 2.05) is 9.62 Å². The van der Waals surface area contributed by atoms with Crippen molar-refractivity contribution in [1.82, 2.24) is 19.6 Å². The molecule has 3 N–H and O–H groups in total. The fraction of sp³-hybridized carbons (Fsp3) is 0.577. The zero-order chi connectivity index (χ0) is 27.8. The fourth-order valence-corrected chi connectivity index (χ4v) is 4.96. The SMILES string of the molecule is C.C.C.C.CB(O)N1CCC(=O)CC1.CB(O)N1CCC(O)(c2ncc(Cl)cc2Cl)CC1.Clc1cnc(Br)c(Cl)c1. The van der Waals surface area contributed by atoms with Crippen molar-refractivity contribution in [2.24, 2.45) is 0 Å². The van der Waals surface area contributed by atoms with Crippen LogP contribution in [0.3, 0.4) is 0 Å². The Morgan fingerprint density at radius 2 is 1.22 bits per heavy atom. The normalized spacial score (nSPS) is 16.0. The third kappa shape index (κ3) is 14.7. The van der Waals surface area contributed by atoms with Gasteiger partial charge in [0.25, 0.3) is 0 Å². The first kappa shape index (κ1) is 45.0. The second kappa shape index (κ2) is 21.3. The molecule has 2 saturated heterocycles. The van der Waals surface area contributed by atoms with Gasteiger partial charge in [-0.2, -0.15) is 0 Å². The van der Waals surface area contributed by atoms with Gasteiger partial charge in [0.2, 0.25) is 0 Å². The van der Waals surface area contributed by atoms with Gasteiger partial charge in [-0.05, 0) is 80.7 Å². The lowest BCUT2D eigenvalue weighted by molar-refractivity contribution is -0.120. The molecule has 234 valence electrons. The first-order chi connectivity index (χ1) is 17.3. The van der Waals surface area contributed by atoms with E-state index in [1.54, 1.807) is 25.8 Å². The smallest absolute Gasteiger partial charge is 0.376 e. The van der Waals surface area contributed by atoms with Crippen LogP contribution in [0.4, 0.5) is 0 Å². The Hall–Kier alpha value is -0.460. The number of hydrogen-bond donors (Lipinski definition) is 3. The van der Waals surface area contributed by atoms with Crippen molar-refractivity contribution >= 4 is 82.2 Å². The maximum absolute atomic E-state index is 10.7. The number of aromatic nitrogens is 2. The summed E-state index contributed by atoms with van der Waals surface area (Å²) in [4.78, 5) is 22.5. The molecule has 2 aliphatic rings. The van der Waals surface area contributed by atoms with E-state index in [0.29, 0.717) is 74.9 Å². The molecule has 0 unspecified atom stereocenters. The summed E-state index contributed by atoms with van der Waals surface area (Å²) in [5, 5.41) is 31.1. The minimum Gasteiger partial charge on any atom is -0.437 e. The molecule has 0 bridgehead atoms. The fourth-order valence-electron chi connectivity index (χ4n) is 3.81. The minimum absolute atomic E-state index is 0. The lowest BCUT2D eigenvalue weighted by Gasteiger charge is -2.38. The Balaban J connectivity index is -0.000000543. The molecule has 4 rings (SSSR count). The lowest BCUT2D eigenvalue weighted by atomic mass is 9.78. The molecular weight excluding hydrogens is 676 g/mol. The Morgan fingerprint density at radius 3 is 1.61 bits per heavy atom. The topological polar surface area (TPSA) is 110 Å². The van der Waals surface area contributed by atoms with Crippen LogP contribution in [0.25, 0.3) is 0 Å². The summed E-state index contributed by atoms with van der Waals surface area (Å²) in [5.74, 6) is 0.317. The summed E-state index contributed by atoms with van der Waals surface area (Å²) in [7, 11) is -0.892. The molecule has 2 aromatic heterocycles. The minimum atomic E-state index is -1.03. The predicted octanol–water partition coefficient (Wildman–Crippen LogP) is 7.24. The molecule has 2 aliphatic heterocycles. The van der Waals surface area contributed by atoms with Gasteiger partial charge in [-0.1, -0.05) is 76.1 Å². The molecule has 0 aliphatic carbocycles. The van der Waals surface area contributed by atoms with Crippen LogP contribution >= 0.6 is 62.3 Å². The molecule has 2 fully saturated rings. The predicted molar refractivity (Wildman–Crippen MR) is 181 cm³/mol. The zero-order valence-corrected chi connectivity index (χ0v) is 25.2. The second-order valence-electron chi connectivity index (χ2n) is 8.82. The van der Waals surface area contributed by atoms with Gasteiger partial charge in [0.05, 0.1) is 25.8 Å². The first-order valence-corrected chi connectivity index (χ1v) is 14.0. The lowest BCUT2D eigenvalue weighted by Crippen LogP contribution is -2.48. The van der Waals surface area contributed by atoms with E-state index in [0.717, 1.165) is 13.1 Å². The summed E-state index contributed by atoms with van der Waals surface area (Å²) < 4.78 is 0.619. The van der Waals surface area contributed by atoms with Crippen LogP contribution in [0.15, 0.2) is 29.1 Å². The van der Waals surface area contributed by atoms with Crippen molar-refractivity contribution < 1.29 is 19.9 Å². The van der Waals surface area contributed by atoms with Crippen molar-refractivity contribution in [2.75, 3.05) is 26.2 Å². The maximum atomic E-state index is 10.7. The Kier molecular flexibility index (Phi) is 23.3. The van der Waals surface area contributed by atoms with Crippen LogP contribution in [-0.2, 0) is 10.4 Å². The van der Waals surface area contributed by atoms with Gasteiger partial charge >= 0.3 is 14.1 Å². The number of pyridine rings is 2. The van der Waals surface area contributed by atoms with Gasteiger partial charge in [0, 0.05) is 25.2 Å². The second-order valence-corrected chi connectivity index (χ2v) is 11.3. The number of rotatable bonds is 3. The van der Waals surface area contributed by atoms with Crippen molar-refractivity contribution in [3.63, 3.8) is 0 Å². The maximum Gasteiger partial charge on any atom is 0.376 e. The van der Waals surface area contributed by atoms with E-state index in [1.165, 1.54) is 12.4 Å². The first-order valence-electron chi connectivity index (χ1n) is 11.7. The molecule has 0 amide bonds. The Morgan fingerprint density at radius 1 is 0.805 bits per heavy atom. The molecule has 41 heavy (non-hydrogen) atoms. The molecule has 0 radical (unpaired) electrons. The van der Waals surface area contributed by atoms with Crippen molar-refractivity contribution in [3.8, 4) is 0 Å². The standard InChI is InChI=1S/C11H15BCl2N2O2.C6H12BNO2.C5H2BrCl2N.4CH4/c1-12(18)16-4-2-11(17,3-5-16)10-9(14)6-8(13)7-15-10;1-7(10)8-4-2-6(9)3-5-8;6-5-4(8)1-3(7)2-9-5;;;;/h6-7,17-18H,2-5H2,1H3;10H,2-5H2,1H3;1-2H;4*1H4. The molecule has 0 aromatic carbocycles. The van der Waals surface area contributed by atoms with Crippen LogP contribution in [0.1, 0.15) is 61.1 Å². The number of halogens is 5. The van der Waals surface area contributed by atoms with Crippen LogP contribution in [0, 0.1) is 0 Å². The van der Waals surface area contributed by atoms with Gasteiger partial charge < -0.3 is 24.8 Å². The summed E-state index contributed by atoms with van der Waals surface area (Å²) in [6, 6.07) is 3.21. The molecule has 8 nitrogen and oxygen atoms in total. The van der Waals surface area contributed by atoms with Gasteiger partial charge in [-0.25, -0.2) is 4.98 Å². The number of Topliss-reactive ketones (excluding diaryl/α,β-unsaturated/α-hetero) is 1. The van der Waals surface area contributed by atoms with Crippen LogP contribution in [0.2, 0.25) is 33.7 Å². The highest BCUT2D eigenvalue weighted by molar-refractivity contribution is 9.10. The molecule has 4 heterocycles. The number of carbonyl (C=O) groups excluding carboxylic acids is 1. The van der Waals surface area contributed by atoms with Crippen molar-refractivity contribution in [2.45, 2.75) is 74.6 Å². The van der Waals surface area contributed by atoms with E-state index in [-0.39, 0.29) is 29.7 Å². The molecule has 2 aromatic rings.